The molecule has 0 saturated carbocycles. The van der Waals surface area contributed by atoms with Gasteiger partial charge in [-0.2, -0.15) is 0 Å². The summed E-state index contributed by atoms with van der Waals surface area (Å²) in [5.74, 6) is 0. The third kappa shape index (κ3) is 1.56. The average Bonchev–Trinajstić information content (AvgIpc) is 2.69. The molecule has 78 valence electrons. The first kappa shape index (κ1) is 10.00. The normalized spacial score (nSPS) is 10.8. The number of pyridine rings is 1. The lowest BCUT2D eigenvalue weighted by Crippen LogP contribution is -1.71. The molecular weight excluding hydrogens is 282 g/mol. The number of nitrogens with zero attached hydrogens (tertiary/aromatic N) is 1. The van der Waals surface area contributed by atoms with Gasteiger partial charge in [-0.05, 0) is 27.6 Å². The maximum absolute atomic E-state index is 4.15. The lowest BCUT2D eigenvalue weighted by molar-refractivity contribution is 1.37. The van der Waals surface area contributed by atoms with Crippen molar-refractivity contribution in [1.29, 1.82) is 0 Å². The van der Waals surface area contributed by atoms with Crippen LogP contribution >= 0.6 is 27.3 Å². The Morgan fingerprint density at radius 1 is 1.06 bits per heavy atom. The van der Waals surface area contributed by atoms with Gasteiger partial charge in [-0.3, -0.25) is 4.98 Å². The van der Waals surface area contributed by atoms with Gasteiger partial charge in [-0.1, -0.05) is 30.3 Å². The van der Waals surface area contributed by atoms with Crippen LogP contribution in [0.1, 0.15) is 0 Å². The lowest BCUT2D eigenvalue weighted by atomic mass is 10.2. The molecule has 0 aliphatic rings. The van der Waals surface area contributed by atoms with E-state index in [1.54, 1.807) is 11.3 Å². The van der Waals surface area contributed by atoms with E-state index in [1.807, 2.05) is 24.5 Å². The van der Waals surface area contributed by atoms with Crippen molar-refractivity contribution in [1.82, 2.24) is 4.98 Å². The Morgan fingerprint density at radius 3 is 2.62 bits per heavy atom. The molecular formula is C13H8BrNS. The molecule has 1 nitrogen and oxygen atoms in total. The molecule has 0 spiro atoms. The Morgan fingerprint density at radius 2 is 1.88 bits per heavy atom. The second kappa shape index (κ2) is 4.00. The van der Waals surface area contributed by atoms with E-state index in [4.69, 9.17) is 0 Å². The first-order valence-electron chi connectivity index (χ1n) is 4.93. The predicted molar refractivity (Wildman–Crippen MR) is 72.8 cm³/mol. The second-order valence-corrected chi connectivity index (χ2v) is 5.33. The van der Waals surface area contributed by atoms with E-state index in [-0.39, 0.29) is 0 Å². The predicted octanol–water partition coefficient (Wildman–Crippen LogP) is 4.73. The van der Waals surface area contributed by atoms with Crippen molar-refractivity contribution >= 4 is 37.4 Å². The van der Waals surface area contributed by atoms with Crippen LogP contribution in [-0.2, 0) is 0 Å². The van der Waals surface area contributed by atoms with Gasteiger partial charge in [0.15, 0.2) is 0 Å². The molecule has 1 aromatic carbocycles. The third-order valence-electron chi connectivity index (χ3n) is 2.47. The number of fused-ring (bicyclic) bond motifs is 1. The van der Waals surface area contributed by atoms with Crippen LogP contribution in [0.15, 0.2) is 53.3 Å². The van der Waals surface area contributed by atoms with Crippen LogP contribution in [0.2, 0.25) is 0 Å². The SMILES string of the molecule is Brc1c(-c2ccccc2)sc2cnccc12. The molecule has 0 radical (unpaired) electrons. The van der Waals surface area contributed by atoms with Crippen molar-refractivity contribution in [3.8, 4) is 10.4 Å². The van der Waals surface area contributed by atoms with Crippen LogP contribution in [-0.4, -0.2) is 4.98 Å². The smallest absolute Gasteiger partial charge is 0.0544 e. The Bertz CT molecular complexity index is 631. The van der Waals surface area contributed by atoms with Crippen LogP contribution in [0, 0.1) is 0 Å². The van der Waals surface area contributed by atoms with Crippen molar-refractivity contribution in [3.63, 3.8) is 0 Å². The Labute approximate surface area is 106 Å². The number of benzene rings is 1. The maximum Gasteiger partial charge on any atom is 0.0544 e. The molecule has 16 heavy (non-hydrogen) atoms. The minimum atomic E-state index is 1.17. The quantitative estimate of drug-likeness (QED) is 0.631. The first-order chi connectivity index (χ1) is 7.86. The van der Waals surface area contributed by atoms with Gasteiger partial charge in [0.2, 0.25) is 0 Å². The van der Waals surface area contributed by atoms with E-state index in [2.05, 4.69) is 45.2 Å². The highest BCUT2D eigenvalue weighted by molar-refractivity contribution is 9.10. The summed E-state index contributed by atoms with van der Waals surface area (Å²) in [7, 11) is 0. The zero-order valence-electron chi connectivity index (χ0n) is 8.35. The molecule has 0 saturated heterocycles. The fraction of sp³-hybridized carbons (Fsp3) is 0. The molecule has 0 bridgehead atoms. The van der Waals surface area contributed by atoms with Crippen LogP contribution < -0.4 is 0 Å². The zero-order valence-corrected chi connectivity index (χ0v) is 10.8. The fourth-order valence-corrected chi connectivity index (χ4v) is 3.71. The van der Waals surface area contributed by atoms with Gasteiger partial charge in [0.25, 0.3) is 0 Å². The summed E-state index contributed by atoms with van der Waals surface area (Å²) < 4.78 is 2.38. The van der Waals surface area contributed by atoms with Gasteiger partial charge in [0.05, 0.1) is 4.70 Å². The molecule has 3 heteroatoms. The molecule has 2 heterocycles. The molecule has 0 aliphatic heterocycles. The van der Waals surface area contributed by atoms with Gasteiger partial charge in [-0.25, -0.2) is 0 Å². The molecule has 0 aliphatic carbocycles. The number of hydrogen-bond donors (Lipinski definition) is 0. The van der Waals surface area contributed by atoms with Gasteiger partial charge in [-0.15, -0.1) is 11.3 Å². The monoisotopic (exact) mass is 289 g/mol. The standard InChI is InChI=1S/C13H8BrNS/c14-12-10-6-7-15-8-11(10)16-13(12)9-4-2-1-3-5-9/h1-8H. The first-order valence-corrected chi connectivity index (χ1v) is 6.54. The number of rotatable bonds is 1. The summed E-state index contributed by atoms with van der Waals surface area (Å²) in [6, 6.07) is 12.5. The molecule has 0 unspecified atom stereocenters. The fourth-order valence-electron chi connectivity index (χ4n) is 1.69. The van der Waals surface area contributed by atoms with E-state index in [0.717, 1.165) is 0 Å². The Balaban J connectivity index is 2.29. The summed E-state index contributed by atoms with van der Waals surface area (Å²) in [6.45, 7) is 0. The largest absolute Gasteiger partial charge is 0.263 e. The lowest BCUT2D eigenvalue weighted by Gasteiger charge is -1.97. The molecule has 0 amide bonds. The summed E-state index contributed by atoms with van der Waals surface area (Å²) >= 11 is 5.44. The second-order valence-electron chi connectivity index (χ2n) is 3.48. The van der Waals surface area contributed by atoms with Crippen LogP contribution in [0.3, 0.4) is 0 Å². The van der Waals surface area contributed by atoms with Crippen molar-refractivity contribution in [2.75, 3.05) is 0 Å². The number of thiophene rings is 1. The summed E-state index contributed by atoms with van der Waals surface area (Å²) in [6.07, 6.45) is 3.74. The van der Waals surface area contributed by atoms with E-state index < -0.39 is 0 Å². The summed E-state index contributed by atoms with van der Waals surface area (Å²) in [4.78, 5) is 5.42. The minimum Gasteiger partial charge on any atom is -0.263 e. The van der Waals surface area contributed by atoms with Gasteiger partial charge in [0.1, 0.15) is 0 Å². The van der Waals surface area contributed by atoms with Crippen molar-refractivity contribution in [2.24, 2.45) is 0 Å². The minimum absolute atomic E-state index is 1.17. The Hall–Kier alpha value is -1.19. The van der Waals surface area contributed by atoms with E-state index in [9.17, 15) is 0 Å². The highest BCUT2D eigenvalue weighted by Crippen LogP contribution is 2.41. The third-order valence-corrected chi connectivity index (χ3v) is 4.74. The van der Waals surface area contributed by atoms with Crippen LogP contribution in [0.4, 0.5) is 0 Å². The summed E-state index contributed by atoms with van der Waals surface area (Å²) in [5.41, 5.74) is 1.25. The molecule has 3 rings (SSSR count). The van der Waals surface area contributed by atoms with Gasteiger partial charge >= 0.3 is 0 Å². The number of aromatic nitrogens is 1. The van der Waals surface area contributed by atoms with E-state index in [1.165, 1.54) is 25.0 Å². The Kier molecular flexibility index (Phi) is 2.50. The molecule has 0 N–H and O–H groups in total. The van der Waals surface area contributed by atoms with Gasteiger partial charge < -0.3 is 0 Å². The highest BCUT2D eigenvalue weighted by Gasteiger charge is 2.10. The average molecular weight is 290 g/mol. The van der Waals surface area contributed by atoms with Crippen molar-refractivity contribution in [2.45, 2.75) is 0 Å². The summed E-state index contributed by atoms with van der Waals surface area (Å²) in [5, 5.41) is 1.24. The van der Waals surface area contributed by atoms with Crippen molar-refractivity contribution < 1.29 is 0 Å². The van der Waals surface area contributed by atoms with Crippen molar-refractivity contribution in [3.05, 3.63) is 53.3 Å². The number of hydrogen-bond acceptors (Lipinski definition) is 2. The molecule has 3 aromatic rings. The number of halogens is 1. The highest BCUT2D eigenvalue weighted by atomic mass is 79.9. The maximum atomic E-state index is 4.15. The van der Waals surface area contributed by atoms with Crippen LogP contribution in [0.25, 0.3) is 20.5 Å². The van der Waals surface area contributed by atoms with Gasteiger partial charge in [0, 0.05) is 27.1 Å². The molecule has 0 atom stereocenters. The topological polar surface area (TPSA) is 12.9 Å². The van der Waals surface area contributed by atoms with E-state index >= 15 is 0 Å². The van der Waals surface area contributed by atoms with Crippen LogP contribution in [0.5, 0.6) is 0 Å². The zero-order chi connectivity index (χ0) is 11.0. The molecule has 0 fully saturated rings. The molecule has 2 aromatic heterocycles. The van der Waals surface area contributed by atoms with E-state index in [0.29, 0.717) is 0 Å².